The van der Waals surface area contributed by atoms with Gasteiger partial charge in [0.25, 0.3) is 0 Å². The number of ether oxygens (including phenoxy) is 2. The van der Waals surface area contributed by atoms with E-state index in [0.29, 0.717) is 35.0 Å². The van der Waals surface area contributed by atoms with Gasteiger partial charge in [-0.15, -0.1) is 0 Å². The molecule has 6 rings (SSSR count). The summed E-state index contributed by atoms with van der Waals surface area (Å²) in [5.74, 6) is 2.00. The van der Waals surface area contributed by atoms with Crippen LogP contribution in [0.4, 0.5) is 0 Å². The molecule has 0 atom stereocenters. The maximum absolute atomic E-state index is 14.0. The minimum absolute atomic E-state index is 0.198. The van der Waals surface area contributed by atoms with E-state index in [0.717, 1.165) is 73.2 Å². The average molecular weight is 549 g/mol. The monoisotopic (exact) mass is 548 g/mol. The Morgan fingerprint density at radius 1 is 0.976 bits per heavy atom. The maximum Gasteiger partial charge on any atom is 0.229 e. The second kappa shape index (κ2) is 11.8. The third kappa shape index (κ3) is 5.71. The number of unbranched alkanes of at least 4 members (excludes halogenated alkanes) is 1. The van der Waals surface area contributed by atoms with Gasteiger partial charge in [-0.3, -0.25) is 4.79 Å². The van der Waals surface area contributed by atoms with E-state index >= 15 is 0 Å². The quantitative estimate of drug-likeness (QED) is 0.165. The van der Waals surface area contributed by atoms with Crippen LogP contribution in [0.1, 0.15) is 41.4 Å². The van der Waals surface area contributed by atoms with Gasteiger partial charge in [-0.25, -0.2) is 0 Å². The highest BCUT2D eigenvalue weighted by molar-refractivity contribution is 6.17. The van der Waals surface area contributed by atoms with Crippen molar-refractivity contribution in [3.63, 3.8) is 0 Å². The summed E-state index contributed by atoms with van der Waals surface area (Å²) in [6.07, 6.45) is 3.98. The zero-order valence-corrected chi connectivity index (χ0v) is 23.8. The van der Waals surface area contributed by atoms with Crippen LogP contribution in [0.25, 0.3) is 27.7 Å². The lowest BCUT2D eigenvalue weighted by atomic mass is 9.94. The first-order valence-corrected chi connectivity index (χ1v) is 14.4. The number of nitrogens with zero attached hydrogens (tertiary/aromatic N) is 2. The van der Waals surface area contributed by atoms with Gasteiger partial charge >= 0.3 is 0 Å². The highest BCUT2D eigenvalue weighted by atomic mass is 16.5. The molecule has 6 nitrogen and oxygen atoms in total. The van der Waals surface area contributed by atoms with Gasteiger partial charge in [0.2, 0.25) is 5.78 Å². The van der Waals surface area contributed by atoms with Gasteiger partial charge in [0, 0.05) is 42.9 Å². The van der Waals surface area contributed by atoms with Gasteiger partial charge in [0.1, 0.15) is 22.8 Å². The van der Waals surface area contributed by atoms with Gasteiger partial charge < -0.3 is 23.7 Å². The summed E-state index contributed by atoms with van der Waals surface area (Å²) < 4.78 is 18.5. The number of hydrogen-bond acceptors (Lipinski definition) is 6. The molecule has 0 N–H and O–H groups in total. The molecule has 1 aromatic heterocycles. The molecule has 2 aliphatic rings. The summed E-state index contributed by atoms with van der Waals surface area (Å²) >= 11 is 0. The minimum atomic E-state index is -0.198. The number of likely N-dealkylation sites (N-methyl/N-ethyl adjacent to an activating group) is 1. The molecule has 41 heavy (non-hydrogen) atoms. The molecule has 3 heterocycles. The van der Waals surface area contributed by atoms with E-state index in [1.54, 1.807) is 0 Å². The van der Waals surface area contributed by atoms with Crippen molar-refractivity contribution < 1.29 is 18.7 Å². The Labute approximate surface area is 241 Å². The van der Waals surface area contributed by atoms with E-state index in [9.17, 15) is 4.79 Å². The van der Waals surface area contributed by atoms with Crippen LogP contribution in [0.5, 0.6) is 11.5 Å². The van der Waals surface area contributed by atoms with Crippen LogP contribution in [-0.4, -0.2) is 62.0 Å². The third-order valence-electron chi connectivity index (χ3n) is 7.94. The molecule has 0 spiro atoms. The zero-order chi connectivity index (χ0) is 28.3. The van der Waals surface area contributed by atoms with E-state index in [4.69, 9.17) is 13.9 Å². The van der Waals surface area contributed by atoms with Crippen LogP contribution in [-0.2, 0) is 0 Å². The third-order valence-corrected chi connectivity index (χ3v) is 7.94. The van der Waals surface area contributed by atoms with Gasteiger partial charge in [-0.2, -0.15) is 0 Å². The number of hydrogen-bond donors (Lipinski definition) is 0. The number of furan rings is 1. The summed E-state index contributed by atoms with van der Waals surface area (Å²) in [5, 5.41) is 0.776. The molecule has 210 valence electrons. The fraction of sp³-hybridized carbons (Fsp3) is 0.286. The lowest BCUT2D eigenvalue weighted by molar-refractivity contribution is 0.101. The Morgan fingerprint density at radius 2 is 1.78 bits per heavy atom. The van der Waals surface area contributed by atoms with Crippen LogP contribution in [0.2, 0.25) is 0 Å². The molecular formula is C35H36N2O4. The van der Waals surface area contributed by atoms with Crippen LogP contribution in [0.3, 0.4) is 0 Å². The second-order valence-corrected chi connectivity index (χ2v) is 10.9. The molecule has 1 fully saturated rings. The Morgan fingerprint density at radius 3 is 2.59 bits per heavy atom. The van der Waals surface area contributed by atoms with Crippen molar-refractivity contribution in [3.05, 3.63) is 102 Å². The lowest BCUT2D eigenvalue weighted by Crippen LogP contribution is -2.44. The predicted molar refractivity (Wildman–Crippen MR) is 164 cm³/mol. The topological polar surface area (TPSA) is 55.2 Å². The van der Waals surface area contributed by atoms with Crippen molar-refractivity contribution in [2.45, 2.75) is 19.8 Å². The summed E-state index contributed by atoms with van der Waals surface area (Å²) in [4.78, 5) is 18.9. The molecule has 2 aliphatic heterocycles. The summed E-state index contributed by atoms with van der Waals surface area (Å²) in [7, 11) is 2.18. The Balaban J connectivity index is 1.24. The minimum Gasteiger partial charge on any atom is -0.494 e. The first kappa shape index (κ1) is 27.1. The maximum atomic E-state index is 14.0. The van der Waals surface area contributed by atoms with Crippen molar-refractivity contribution in [1.82, 2.24) is 9.80 Å². The van der Waals surface area contributed by atoms with Crippen molar-refractivity contribution in [1.29, 1.82) is 0 Å². The molecule has 6 heteroatoms. The number of benzene rings is 3. The Hall–Kier alpha value is -4.13. The SMILES string of the molecule is C=C1C=C(C)c2ccc3oc(C(=O)c4cccc(OCCCCN5CCN(C)CC5)c4)c(-c4ccccc4)c3c2O1. The number of piperazine rings is 1. The van der Waals surface area contributed by atoms with E-state index in [1.165, 1.54) is 0 Å². The van der Waals surface area contributed by atoms with Crippen molar-refractivity contribution in [3.8, 4) is 22.6 Å². The van der Waals surface area contributed by atoms with Crippen LogP contribution >= 0.6 is 0 Å². The van der Waals surface area contributed by atoms with E-state index in [2.05, 4.69) is 23.4 Å². The fourth-order valence-corrected chi connectivity index (χ4v) is 5.65. The fourth-order valence-electron chi connectivity index (χ4n) is 5.65. The summed E-state index contributed by atoms with van der Waals surface area (Å²) in [5.41, 5.74) is 4.74. The van der Waals surface area contributed by atoms with E-state index in [-0.39, 0.29) is 11.5 Å². The number of carbonyl (C=O) groups excluding carboxylic acids is 1. The molecule has 0 unspecified atom stereocenters. The molecule has 0 radical (unpaired) electrons. The van der Waals surface area contributed by atoms with Gasteiger partial charge in [-0.1, -0.05) is 49.0 Å². The van der Waals surface area contributed by atoms with E-state index in [1.807, 2.05) is 79.7 Å². The Bertz CT molecular complexity index is 1610. The number of fused-ring (bicyclic) bond motifs is 3. The van der Waals surface area contributed by atoms with Gasteiger partial charge in [-0.05, 0) is 74.8 Å². The standard InChI is InChI=1S/C35H36N2O4/c1-24-22-25(2)40-34-29(24)14-15-30-32(34)31(26-10-5-4-6-11-26)35(41-30)33(38)27-12-9-13-28(23-27)39-21-8-7-16-37-19-17-36(3)18-20-37/h4-6,9-15,22-23H,2,7-8,16-21H2,1,3H3. The first-order valence-electron chi connectivity index (χ1n) is 14.4. The summed E-state index contributed by atoms with van der Waals surface area (Å²) in [6.45, 7) is 12.3. The molecule has 4 aromatic rings. The molecule has 0 amide bonds. The molecule has 0 bridgehead atoms. The number of allylic oxidation sites excluding steroid dienone is 2. The molecular weight excluding hydrogens is 512 g/mol. The number of ketones is 1. The van der Waals surface area contributed by atoms with Gasteiger partial charge in [0.15, 0.2) is 5.76 Å². The van der Waals surface area contributed by atoms with Crippen LogP contribution < -0.4 is 9.47 Å². The molecule has 0 saturated carbocycles. The van der Waals surface area contributed by atoms with E-state index < -0.39 is 0 Å². The zero-order valence-electron chi connectivity index (χ0n) is 23.8. The normalized spacial score (nSPS) is 15.9. The highest BCUT2D eigenvalue weighted by Gasteiger charge is 2.28. The molecule has 0 aliphatic carbocycles. The second-order valence-electron chi connectivity index (χ2n) is 10.9. The van der Waals surface area contributed by atoms with Crippen molar-refractivity contribution >= 4 is 22.3 Å². The first-order chi connectivity index (χ1) is 20.0. The van der Waals surface area contributed by atoms with Crippen LogP contribution in [0.15, 0.2) is 89.6 Å². The predicted octanol–water partition coefficient (Wildman–Crippen LogP) is 7.05. The summed E-state index contributed by atoms with van der Waals surface area (Å²) in [6, 6.07) is 21.1. The average Bonchev–Trinajstić information content (AvgIpc) is 3.38. The smallest absolute Gasteiger partial charge is 0.229 e. The Kier molecular flexibility index (Phi) is 7.77. The number of carbonyl (C=O) groups is 1. The van der Waals surface area contributed by atoms with Gasteiger partial charge in [0.05, 0.1) is 12.0 Å². The van der Waals surface area contributed by atoms with Crippen LogP contribution in [0, 0.1) is 0 Å². The molecule has 1 saturated heterocycles. The largest absolute Gasteiger partial charge is 0.494 e. The molecule has 3 aromatic carbocycles. The van der Waals surface area contributed by atoms with Crippen molar-refractivity contribution in [2.75, 3.05) is 46.4 Å². The van der Waals surface area contributed by atoms with Crippen molar-refractivity contribution in [2.24, 2.45) is 0 Å². The highest BCUT2D eigenvalue weighted by Crippen LogP contribution is 2.46. The number of rotatable bonds is 9. The lowest BCUT2D eigenvalue weighted by Gasteiger charge is -2.32.